The molecule has 1 heterocycles. The van der Waals surface area contributed by atoms with Gasteiger partial charge in [-0.05, 0) is 61.6 Å². The molecule has 0 aliphatic rings. The zero-order valence-electron chi connectivity index (χ0n) is 11.2. The first-order valence-electron chi connectivity index (χ1n) is 5.84. The lowest BCUT2D eigenvalue weighted by Gasteiger charge is -2.19. The Bertz CT molecular complexity index is 700. The predicted octanol–water partition coefficient (Wildman–Crippen LogP) is 3.12. The van der Waals surface area contributed by atoms with Crippen LogP contribution < -0.4 is 0 Å². The molecule has 7 heteroatoms. The number of ether oxygens (including phenoxy) is 1. The summed E-state index contributed by atoms with van der Waals surface area (Å²) in [4.78, 5) is 23.0. The van der Waals surface area contributed by atoms with Gasteiger partial charge in [-0.3, -0.25) is 0 Å². The van der Waals surface area contributed by atoms with Crippen LogP contribution in [0.4, 0.5) is 4.79 Å². The second kappa shape index (κ2) is 5.04. The summed E-state index contributed by atoms with van der Waals surface area (Å²) in [6, 6.07) is 4.48. The number of aromatic carboxylic acids is 1. The van der Waals surface area contributed by atoms with Crippen molar-refractivity contribution in [2.45, 2.75) is 26.4 Å². The number of halogens is 1. The van der Waals surface area contributed by atoms with E-state index in [-0.39, 0.29) is 5.56 Å². The molecule has 1 aromatic carbocycles. The quantitative estimate of drug-likeness (QED) is 0.760. The summed E-state index contributed by atoms with van der Waals surface area (Å²) in [5.41, 5.74) is 0.0507. The molecule has 0 radical (unpaired) electrons. The maximum absolute atomic E-state index is 12.1. The molecule has 1 aromatic heterocycles. The molecule has 0 amide bonds. The van der Waals surface area contributed by atoms with Gasteiger partial charge in [-0.1, -0.05) is 0 Å². The Morgan fingerprint density at radius 1 is 1.35 bits per heavy atom. The monoisotopic (exact) mass is 388 g/mol. The Hall–Kier alpha value is -1.64. The van der Waals surface area contributed by atoms with Crippen LogP contribution in [0.5, 0.6) is 0 Å². The molecule has 0 aliphatic heterocycles. The Kier molecular flexibility index (Phi) is 3.72. The van der Waals surface area contributed by atoms with Gasteiger partial charge in [0.25, 0.3) is 0 Å². The van der Waals surface area contributed by atoms with Gasteiger partial charge < -0.3 is 9.84 Å². The zero-order chi connectivity index (χ0) is 15.1. The van der Waals surface area contributed by atoms with Crippen molar-refractivity contribution in [3.05, 3.63) is 27.5 Å². The maximum atomic E-state index is 12.1. The molecule has 0 atom stereocenters. The van der Waals surface area contributed by atoms with Crippen molar-refractivity contribution in [3.63, 3.8) is 0 Å². The van der Waals surface area contributed by atoms with Crippen LogP contribution in [-0.4, -0.2) is 32.6 Å². The van der Waals surface area contributed by atoms with Gasteiger partial charge in [0.15, 0.2) is 0 Å². The van der Waals surface area contributed by atoms with Gasteiger partial charge in [0.2, 0.25) is 0 Å². The van der Waals surface area contributed by atoms with Gasteiger partial charge in [-0.25, -0.2) is 9.59 Å². The Morgan fingerprint density at radius 2 is 2.00 bits per heavy atom. The third kappa shape index (κ3) is 2.92. The van der Waals surface area contributed by atoms with Crippen LogP contribution in [0, 0.1) is 3.70 Å². The van der Waals surface area contributed by atoms with Crippen molar-refractivity contribution in [1.82, 2.24) is 9.78 Å². The van der Waals surface area contributed by atoms with E-state index < -0.39 is 17.7 Å². The number of benzene rings is 1. The van der Waals surface area contributed by atoms with Crippen LogP contribution in [0.15, 0.2) is 18.2 Å². The lowest BCUT2D eigenvalue weighted by Crippen LogP contribution is -2.27. The molecular formula is C13H13IN2O4. The molecule has 2 rings (SSSR count). The molecule has 6 nitrogen and oxygen atoms in total. The molecule has 0 unspecified atom stereocenters. The number of rotatable bonds is 1. The van der Waals surface area contributed by atoms with E-state index >= 15 is 0 Å². The lowest BCUT2D eigenvalue weighted by molar-refractivity contribution is 0.0521. The van der Waals surface area contributed by atoms with Crippen molar-refractivity contribution in [1.29, 1.82) is 0 Å². The molecule has 0 saturated carbocycles. The SMILES string of the molecule is CC(C)(C)OC(=O)n1nc(I)c2cc(C(=O)O)ccc21. The number of hydrogen-bond donors (Lipinski definition) is 1. The largest absolute Gasteiger partial charge is 0.478 e. The van der Waals surface area contributed by atoms with Gasteiger partial charge in [0, 0.05) is 5.39 Å². The molecule has 1 N–H and O–H groups in total. The van der Waals surface area contributed by atoms with Crippen LogP contribution in [0.3, 0.4) is 0 Å². The fraction of sp³-hybridized carbons (Fsp3) is 0.308. The van der Waals surface area contributed by atoms with Crippen molar-refractivity contribution < 1.29 is 19.4 Å². The highest BCUT2D eigenvalue weighted by atomic mass is 127. The van der Waals surface area contributed by atoms with Crippen LogP contribution >= 0.6 is 22.6 Å². The Labute approximate surface area is 128 Å². The third-order valence-corrected chi connectivity index (χ3v) is 3.25. The second-order valence-corrected chi connectivity index (χ2v) is 6.24. The van der Waals surface area contributed by atoms with E-state index in [1.165, 1.54) is 12.1 Å². The van der Waals surface area contributed by atoms with E-state index in [2.05, 4.69) is 5.10 Å². The van der Waals surface area contributed by atoms with E-state index in [9.17, 15) is 9.59 Å². The molecule has 0 bridgehead atoms. The lowest BCUT2D eigenvalue weighted by atomic mass is 10.1. The minimum atomic E-state index is -1.02. The number of carbonyl (C=O) groups excluding carboxylic acids is 1. The van der Waals surface area contributed by atoms with Gasteiger partial charge in [0.1, 0.15) is 9.30 Å². The molecule has 106 valence electrons. The molecule has 2 aromatic rings. The molecule has 0 aliphatic carbocycles. The fourth-order valence-electron chi connectivity index (χ4n) is 1.66. The van der Waals surface area contributed by atoms with Crippen molar-refractivity contribution in [3.8, 4) is 0 Å². The van der Waals surface area contributed by atoms with E-state index in [0.717, 1.165) is 4.68 Å². The minimum Gasteiger partial charge on any atom is -0.478 e. The zero-order valence-corrected chi connectivity index (χ0v) is 13.3. The summed E-state index contributed by atoms with van der Waals surface area (Å²) in [5, 5.41) is 13.7. The number of carboxylic acids is 1. The van der Waals surface area contributed by atoms with Gasteiger partial charge in [0.05, 0.1) is 11.1 Å². The van der Waals surface area contributed by atoms with E-state index in [0.29, 0.717) is 14.6 Å². The van der Waals surface area contributed by atoms with Crippen molar-refractivity contribution in [2.24, 2.45) is 0 Å². The van der Waals surface area contributed by atoms with Gasteiger partial charge >= 0.3 is 12.1 Å². The van der Waals surface area contributed by atoms with E-state index in [4.69, 9.17) is 9.84 Å². The highest BCUT2D eigenvalue weighted by Crippen LogP contribution is 2.23. The van der Waals surface area contributed by atoms with Gasteiger partial charge in [-0.15, -0.1) is 0 Å². The molecule has 0 fully saturated rings. The first kappa shape index (κ1) is 14.8. The van der Waals surface area contributed by atoms with E-state index in [1.54, 1.807) is 26.8 Å². The highest BCUT2D eigenvalue weighted by Gasteiger charge is 2.22. The smallest absolute Gasteiger partial charge is 0.435 e. The number of nitrogens with zero attached hydrogens (tertiary/aromatic N) is 2. The minimum absolute atomic E-state index is 0.152. The Balaban J connectivity index is 2.51. The standard InChI is InChI=1S/C13H13IN2O4/c1-13(2,3)20-12(19)16-9-5-4-7(11(17)18)6-8(9)10(14)15-16/h4-6H,1-3H3,(H,17,18). The van der Waals surface area contributed by atoms with Crippen LogP contribution in [0.1, 0.15) is 31.1 Å². The average Bonchev–Trinajstić information content (AvgIpc) is 2.64. The topological polar surface area (TPSA) is 81.4 Å². The molecular weight excluding hydrogens is 375 g/mol. The summed E-state index contributed by atoms with van der Waals surface area (Å²) in [6.07, 6.45) is -0.589. The predicted molar refractivity (Wildman–Crippen MR) is 81.0 cm³/mol. The third-order valence-electron chi connectivity index (χ3n) is 2.45. The molecule has 0 spiro atoms. The molecule has 20 heavy (non-hydrogen) atoms. The van der Waals surface area contributed by atoms with Crippen molar-refractivity contribution >= 4 is 45.6 Å². The number of fused-ring (bicyclic) bond motifs is 1. The fourth-order valence-corrected chi connectivity index (χ4v) is 2.31. The highest BCUT2D eigenvalue weighted by molar-refractivity contribution is 14.1. The van der Waals surface area contributed by atoms with Crippen molar-refractivity contribution in [2.75, 3.05) is 0 Å². The number of carbonyl (C=O) groups is 2. The normalized spacial score (nSPS) is 11.6. The summed E-state index contributed by atoms with van der Waals surface area (Å²) in [5.74, 6) is -1.02. The summed E-state index contributed by atoms with van der Waals surface area (Å²) >= 11 is 1.96. The Morgan fingerprint density at radius 3 is 2.55 bits per heavy atom. The van der Waals surface area contributed by atoms with Crippen LogP contribution in [-0.2, 0) is 4.74 Å². The average molecular weight is 388 g/mol. The van der Waals surface area contributed by atoms with Crippen LogP contribution in [0.2, 0.25) is 0 Å². The second-order valence-electron chi connectivity index (χ2n) is 5.22. The summed E-state index contributed by atoms with van der Waals surface area (Å²) in [7, 11) is 0. The number of carboxylic acid groups (broad SMARTS) is 1. The maximum Gasteiger partial charge on any atom is 0.435 e. The number of aromatic nitrogens is 2. The summed E-state index contributed by atoms with van der Waals surface area (Å²) < 4.78 is 6.96. The molecule has 0 saturated heterocycles. The van der Waals surface area contributed by atoms with Gasteiger partial charge in [-0.2, -0.15) is 9.78 Å². The van der Waals surface area contributed by atoms with Crippen LogP contribution in [0.25, 0.3) is 10.9 Å². The van der Waals surface area contributed by atoms with E-state index in [1.807, 2.05) is 22.6 Å². The first-order valence-corrected chi connectivity index (χ1v) is 6.92. The first-order chi connectivity index (χ1) is 9.19. The summed E-state index contributed by atoms with van der Waals surface area (Å²) in [6.45, 7) is 5.30. The number of hydrogen-bond acceptors (Lipinski definition) is 4.